The van der Waals surface area contributed by atoms with Crippen LogP contribution >= 0.6 is 0 Å². The van der Waals surface area contributed by atoms with Gasteiger partial charge in [0.15, 0.2) is 0 Å². The van der Waals surface area contributed by atoms with Crippen molar-refractivity contribution in [3.63, 3.8) is 0 Å². The van der Waals surface area contributed by atoms with E-state index in [0.29, 0.717) is 11.4 Å². The van der Waals surface area contributed by atoms with E-state index in [1.165, 1.54) is 36.5 Å². The third-order valence-electron chi connectivity index (χ3n) is 6.64. The third kappa shape index (κ3) is 7.06. The molecule has 7 heteroatoms. The van der Waals surface area contributed by atoms with Crippen LogP contribution in [0.25, 0.3) is 32.9 Å². The molecule has 1 N–H and O–H groups in total. The molecule has 0 saturated carbocycles. The first kappa shape index (κ1) is 23.5. The van der Waals surface area contributed by atoms with Crippen LogP contribution in [0.4, 0.5) is 11.4 Å². The first-order valence-corrected chi connectivity index (χ1v) is 13.3. The van der Waals surface area contributed by atoms with E-state index < -0.39 is 14.0 Å². The van der Waals surface area contributed by atoms with Crippen molar-refractivity contribution in [3.05, 3.63) is 128 Å². The average molecular weight is 742 g/mol. The Bertz CT molecular complexity index is 1860. The van der Waals surface area contributed by atoms with Crippen LogP contribution in [0.2, 0.25) is 0 Å². The molecule has 0 radical (unpaired) electrons. The largest absolute Gasteiger partial charge is 4.00 e. The number of pyridine rings is 1. The molecule has 6 nitrogen and oxygen atoms in total. The van der Waals surface area contributed by atoms with Crippen LogP contribution in [0, 0.1) is 40.2 Å². The molecule has 0 fully saturated rings. The molecule has 0 amide bonds. The number of rotatable bonds is 6. The second-order valence-corrected chi connectivity index (χ2v) is 9.85. The van der Waals surface area contributed by atoms with Crippen molar-refractivity contribution in [2.24, 2.45) is 0 Å². The van der Waals surface area contributed by atoms with E-state index in [1.807, 2.05) is 57.2 Å². The number of benzene rings is 3. The summed E-state index contributed by atoms with van der Waals surface area (Å²) in [7, 11) is 0. The number of hydrogen-bond acceptors (Lipinski definition) is 5. The molecule has 1 aliphatic rings. The standard InChI is InChI=1S/C24H29N4.C11H7N2.Pt/c1-7-8-26(5)16-25-22-13-21(24-19(3)11-18(2)12-20(24)4)14-23(15-22)28-10-9-27(6)17-28;1-2-4-10-8(3-1)9-5-6-12-7-11(9)13-10;/h7-14,16-17,25H,1-6H3;1-7H;/q-3;-1;+4/b8-7-;;/i5D3,6D3;;. The zero-order chi connectivity index (χ0) is 33.9. The summed E-state index contributed by atoms with van der Waals surface area (Å²) in [5, 5.41) is 5.44. The Kier molecular flexibility index (Phi) is 7.71. The van der Waals surface area contributed by atoms with Gasteiger partial charge in [-0.15, -0.1) is 46.2 Å². The van der Waals surface area contributed by atoms with Crippen LogP contribution in [-0.2, 0) is 21.1 Å². The van der Waals surface area contributed by atoms with Gasteiger partial charge < -0.3 is 25.0 Å². The number of allylic oxidation sites excluding steroid dienone is 1. The molecule has 6 rings (SSSR count). The minimum atomic E-state index is -2.35. The predicted molar refractivity (Wildman–Crippen MR) is 172 cm³/mol. The van der Waals surface area contributed by atoms with Gasteiger partial charge in [0.1, 0.15) is 0 Å². The summed E-state index contributed by atoms with van der Waals surface area (Å²) in [6.45, 7) is 6.10. The first-order valence-electron chi connectivity index (χ1n) is 16.3. The van der Waals surface area contributed by atoms with E-state index >= 15 is 0 Å². The van der Waals surface area contributed by atoms with Crippen molar-refractivity contribution in [3.8, 4) is 11.1 Å². The Labute approximate surface area is 272 Å². The molecule has 0 bridgehead atoms. The Morgan fingerprint density at radius 3 is 2.57 bits per heavy atom. The number of anilines is 2. The number of aryl methyl sites for hydroxylation is 3. The maximum absolute atomic E-state index is 7.72. The van der Waals surface area contributed by atoms with E-state index in [9.17, 15) is 0 Å². The fourth-order valence-electron chi connectivity index (χ4n) is 5.02. The molecular formula is C35H36N6Pt. The van der Waals surface area contributed by atoms with Gasteiger partial charge in [0.25, 0.3) is 0 Å². The Balaban J connectivity index is 0.000000306. The topological polar surface area (TPSA) is 48.7 Å². The van der Waals surface area contributed by atoms with Crippen molar-refractivity contribution in [2.45, 2.75) is 27.7 Å². The van der Waals surface area contributed by atoms with Crippen LogP contribution in [0.3, 0.4) is 0 Å². The summed E-state index contributed by atoms with van der Waals surface area (Å²) in [5.74, 6) is 0. The molecule has 3 heterocycles. The van der Waals surface area contributed by atoms with Crippen molar-refractivity contribution in [1.82, 2.24) is 19.8 Å². The maximum Gasteiger partial charge on any atom is 4.00 e. The molecule has 42 heavy (non-hydrogen) atoms. The zero-order valence-electron chi connectivity index (χ0n) is 29.9. The van der Waals surface area contributed by atoms with E-state index in [4.69, 9.17) is 8.22 Å². The average Bonchev–Trinajstić information content (AvgIpc) is 3.65. The minimum absolute atomic E-state index is 0. The van der Waals surface area contributed by atoms with Gasteiger partial charge in [0.2, 0.25) is 0 Å². The maximum atomic E-state index is 7.72. The molecular weight excluding hydrogens is 700 g/mol. The van der Waals surface area contributed by atoms with Crippen LogP contribution in [0.5, 0.6) is 0 Å². The van der Waals surface area contributed by atoms with Crippen LogP contribution in [0.15, 0.2) is 91.7 Å². The van der Waals surface area contributed by atoms with E-state index in [2.05, 4.69) is 39.6 Å². The van der Waals surface area contributed by atoms with Crippen LogP contribution in [0.1, 0.15) is 31.8 Å². The fourth-order valence-corrected chi connectivity index (χ4v) is 5.02. The molecule has 0 spiro atoms. The second kappa shape index (κ2) is 13.8. The zero-order valence-corrected chi connectivity index (χ0v) is 26.1. The van der Waals surface area contributed by atoms with E-state index in [-0.39, 0.29) is 21.1 Å². The number of nitrogens with zero attached hydrogens (tertiary/aromatic N) is 5. The Hall–Kier alpha value is -4.02. The van der Waals surface area contributed by atoms with Gasteiger partial charge in [-0.2, -0.15) is 13.3 Å². The number of nitrogens with one attached hydrogen (secondary N) is 1. The first-order chi connectivity index (χ1) is 22.2. The minimum Gasteiger partial charge on any atom is -0.656 e. The monoisotopic (exact) mass is 741 g/mol. The molecule has 1 aliphatic heterocycles. The summed E-state index contributed by atoms with van der Waals surface area (Å²) in [6.07, 6.45) is 9.84. The number of hydrogen-bond donors (Lipinski definition) is 1. The van der Waals surface area contributed by atoms with Gasteiger partial charge >= 0.3 is 21.1 Å². The summed E-state index contributed by atoms with van der Waals surface area (Å²) < 4.78 is 46.1. The van der Waals surface area contributed by atoms with Crippen LogP contribution < -0.4 is 15.2 Å². The second-order valence-electron chi connectivity index (χ2n) is 9.85. The number of para-hydroxylation sites is 1. The normalized spacial score (nSPS) is 15.2. The third-order valence-corrected chi connectivity index (χ3v) is 6.64. The van der Waals surface area contributed by atoms with Crippen molar-refractivity contribution in [2.75, 3.05) is 24.2 Å². The summed E-state index contributed by atoms with van der Waals surface area (Å²) in [6, 6.07) is 21.4. The number of aromatic nitrogens is 2. The van der Waals surface area contributed by atoms with E-state index in [1.54, 1.807) is 36.5 Å². The van der Waals surface area contributed by atoms with Gasteiger partial charge in [-0.05, 0) is 93.8 Å². The van der Waals surface area contributed by atoms with Crippen LogP contribution in [-0.4, -0.2) is 28.7 Å². The Morgan fingerprint density at radius 2 is 1.83 bits per heavy atom. The van der Waals surface area contributed by atoms with Crippen molar-refractivity contribution in [1.29, 1.82) is 0 Å². The molecule has 216 valence electrons. The molecule has 0 unspecified atom stereocenters. The predicted octanol–water partition coefficient (Wildman–Crippen LogP) is 7.76. The molecule has 0 saturated heterocycles. The molecule has 0 aliphatic carbocycles. The summed E-state index contributed by atoms with van der Waals surface area (Å²) >= 11 is 0. The summed E-state index contributed by atoms with van der Waals surface area (Å²) in [5.41, 5.74) is 8.51. The molecule has 0 atom stereocenters. The SMILES string of the molecule is [2H]C([2H])([2H])N1C=CN(c2[c-]c(N[CH-]N(/C=C\C)C([2H])([2H])[2H])cc(-c3c(C)cc(C)cc3C)c2)[CH-]1.[Pt+4].c1ccc2c(c1)[n-]c1cnccc12. The van der Waals surface area contributed by atoms with Gasteiger partial charge in [-0.1, -0.05) is 48.0 Å². The molecule has 2 aromatic heterocycles. The van der Waals surface area contributed by atoms with Gasteiger partial charge in [0.05, 0.1) is 0 Å². The van der Waals surface area contributed by atoms with Gasteiger partial charge in [-0.3, -0.25) is 4.98 Å². The van der Waals surface area contributed by atoms with Crippen molar-refractivity contribution >= 4 is 33.2 Å². The smallest absolute Gasteiger partial charge is 0.656 e. The van der Waals surface area contributed by atoms with E-state index in [0.717, 1.165) is 48.7 Å². The summed E-state index contributed by atoms with van der Waals surface area (Å²) in [4.78, 5) is 12.4. The fraction of sp³-hybridized carbons (Fsp3) is 0.171. The molecule has 3 aromatic carbocycles. The quantitative estimate of drug-likeness (QED) is 0.180. The molecule has 5 aromatic rings. The van der Waals surface area contributed by atoms with Gasteiger partial charge in [-0.25, -0.2) is 0 Å². The van der Waals surface area contributed by atoms with Gasteiger partial charge in [0, 0.05) is 20.6 Å². The number of fused-ring (bicyclic) bond motifs is 3. The van der Waals surface area contributed by atoms with Crippen molar-refractivity contribution < 1.29 is 29.3 Å². The Morgan fingerprint density at radius 1 is 1.05 bits per heavy atom.